The van der Waals surface area contributed by atoms with Gasteiger partial charge in [0.2, 0.25) is 0 Å². The van der Waals surface area contributed by atoms with E-state index in [0.717, 1.165) is 43.4 Å². The molecule has 1 aromatic heterocycles. The fraction of sp³-hybridized carbons (Fsp3) is 0.226. The molecule has 0 N–H and O–H groups in total. The molecule has 0 bridgehead atoms. The first-order chi connectivity index (χ1) is 17.7. The van der Waals surface area contributed by atoms with Crippen LogP contribution in [-0.4, -0.2) is 34.4 Å². The molecule has 4 aromatic rings. The third-order valence-electron chi connectivity index (χ3n) is 6.78. The monoisotopic (exact) mass is 478 g/mol. The maximum atomic E-state index is 13.2. The van der Waals surface area contributed by atoms with Crippen LogP contribution in [0.5, 0.6) is 0 Å². The molecule has 0 saturated carbocycles. The van der Waals surface area contributed by atoms with Crippen molar-refractivity contribution in [1.82, 2.24) is 9.47 Å². The van der Waals surface area contributed by atoms with Crippen molar-refractivity contribution in [3.63, 3.8) is 0 Å². The van der Waals surface area contributed by atoms with Crippen LogP contribution in [0.25, 0.3) is 10.9 Å². The number of hydrogen-bond donors (Lipinski definition) is 0. The Morgan fingerprint density at radius 2 is 1.47 bits per heavy atom. The van der Waals surface area contributed by atoms with Gasteiger partial charge in [-0.25, -0.2) is 4.79 Å². The minimum absolute atomic E-state index is 0.0903. The lowest BCUT2D eigenvalue weighted by Crippen LogP contribution is -2.32. The highest BCUT2D eigenvalue weighted by Crippen LogP contribution is 2.24. The Morgan fingerprint density at radius 3 is 2.19 bits per heavy atom. The molecule has 0 aliphatic carbocycles. The van der Waals surface area contributed by atoms with Gasteiger partial charge in [-0.15, -0.1) is 0 Å². The first-order valence-electron chi connectivity index (χ1n) is 12.5. The van der Waals surface area contributed by atoms with E-state index in [1.54, 1.807) is 12.3 Å². The average Bonchev–Trinajstić information content (AvgIpc) is 3.32. The molecule has 0 amide bonds. The van der Waals surface area contributed by atoms with E-state index in [1.165, 1.54) is 10.1 Å². The van der Waals surface area contributed by atoms with E-state index in [0.29, 0.717) is 17.0 Å². The summed E-state index contributed by atoms with van der Waals surface area (Å²) in [5, 5.41) is 0.751. The van der Waals surface area contributed by atoms with Crippen molar-refractivity contribution in [1.29, 1.82) is 0 Å². The number of carbonyl (C=O) groups is 2. The number of piperidine rings is 1. The number of aromatic nitrogens is 1. The normalized spacial score (nSPS) is 14.9. The van der Waals surface area contributed by atoms with Crippen LogP contribution in [0, 0.1) is 5.92 Å². The standard InChI is InChI=1S/C31H30N2O3/c34-30(16-15-24-17-19-32(20-18-24)21-25-9-3-1-4-10-25)28-22-33(29-14-8-7-13-27(28)29)31(35)36-23-26-11-5-2-6-12-26/h1-16,22,24H,17-21,23H2. The van der Waals surface area contributed by atoms with Crippen LogP contribution < -0.4 is 0 Å². The minimum Gasteiger partial charge on any atom is -0.444 e. The molecule has 1 fully saturated rings. The van der Waals surface area contributed by atoms with Crippen molar-refractivity contribution < 1.29 is 14.3 Å². The predicted molar refractivity (Wildman–Crippen MR) is 142 cm³/mol. The fourth-order valence-electron chi connectivity index (χ4n) is 4.77. The van der Waals surface area contributed by atoms with E-state index < -0.39 is 6.09 Å². The summed E-state index contributed by atoms with van der Waals surface area (Å²) in [5.41, 5.74) is 3.43. The summed E-state index contributed by atoms with van der Waals surface area (Å²) in [4.78, 5) is 28.5. The van der Waals surface area contributed by atoms with Gasteiger partial charge in [0, 0.05) is 23.7 Å². The zero-order chi connectivity index (χ0) is 24.7. The Labute approximate surface area is 211 Å². The number of ketones is 1. The lowest BCUT2D eigenvalue weighted by molar-refractivity contribution is 0.104. The van der Waals surface area contributed by atoms with Crippen molar-refractivity contribution >= 4 is 22.8 Å². The fourth-order valence-corrected chi connectivity index (χ4v) is 4.77. The summed E-state index contributed by atoms with van der Waals surface area (Å²) in [6, 6.07) is 27.5. The second-order valence-corrected chi connectivity index (χ2v) is 9.29. The van der Waals surface area contributed by atoms with Crippen LogP contribution in [0.4, 0.5) is 4.79 Å². The van der Waals surface area contributed by atoms with E-state index in [4.69, 9.17) is 4.74 Å². The molecule has 0 unspecified atom stereocenters. The first-order valence-corrected chi connectivity index (χ1v) is 12.5. The van der Waals surface area contributed by atoms with Crippen LogP contribution in [0.2, 0.25) is 0 Å². The molecule has 5 heteroatoms. The molecule has 1 saturated heterocycles. The molecule has 1 aliphatic heterocycles. The topological polar surface area (TPSA) is 51.5 Å². The summed E-state index contributed by atoms with van der Waals surface area (Å²) in [6.07, 6.45) is 6.89. The zero-order valence-electron chi connectivity index (χ0n) is 20.3. The summed E-state index contributed by atoms with van der Waals surface area (Å²) < 4.78 is 6.95. The Hall–Kier alpha value is -3.96. The van der Waals surface area contributed by atoms with E-state index >= 15 is 0 Å². The molecular formula is C31H30N2O3. The second-order valence-electron chi connectivity index (χ2n) is 9.29. The predicted octanol–water partition coefficient (Wildman–Crippen LogP) is 6.48. The van der Waals surface area contributed by atoms with Gasteiger partial charge < -0.3 is 4.74 Å². The minimum atomic E-state index is -0.496. The molecule has 1 aliphatic rings. The van der Waals surface area contributed by atoms with Crippen LogP contribution in [0.1, 0.15) is 34.3 Å². The molecule has 3 aromatic carbocycles. The van der Waals surface area contributed by atoms with Gasteiger partial charge in [-0.05, 0) is 55.1 Å². The van der Waals surface area contributed by atoms with Gasteiger partial charge in [0.15, 0.2) is 5.78 Å². The molecule has 0 spiro atoms. The average molecular weight is 479 g/mol. The van der Waals surface area contributed by atoms with Gasteiger partial charge in [-0.1, -0.05) is 84.9 Å². The molecule has 36 heavy (non-hydrogen) atoms. The number of likely N-dealkylation sites (tertiary alicyclic amines) is 1. The van der Waals surface area contributed by atoms with Crippen molar-refractivity contribution in [3.8, 4) is 0 Å². The van der Waals surface area contributed by atoms with Gasteiger partial charge in [0.05, 0.1) is 5.52 Å². The van der Waals surface area contributed by atoms with Crippen molar-refractivity contribution in [2.45, 2.75) is 26.0 Å². The molecule has 5 nitrogen and oxygen atoms in total. The third kappa shape index (κ3) is 5.64. The summed E-state index contributed by atoms with van der Waals surface area (Å²) >= 11 is 0. The quantitative estimate of drug-likeness (QED) is 0.225. The number of para-hydroxylation sites is 1. The number of ether oxygens (including phenoxy) is 1. The highest BCUT2D eigenvalue weighted by atomic mass is 16.5. The first kappa shape index (κ1) is 23.8. The Balaban J connectivity index is 1.23. The summed E-state index contributed by atoms with van der Waals surface area (Å²) in [6.45, 7) is 3.18. The third-order valence-corrected chi connectivity index (χ3v) is 6.78. The van der Waals surface area contributed by atoms with Crippen molar-refractivity contribution in [3.05, 3.63) is 120 Å². The van der Waals surface area contributed by atoms with E-state index in [1.807, 2.05) is 66.7 Å². The lowest BCUT2D eigenvalue weighted by Gasteiger charge is -2.30. The SMILES string of the molecule is O=C(C=CC1CCN(Cc2ccccc2)CC1)c1cn(C(=O)OCc2ccccc2)c2ccccc12. The number of hydrogen-bond acceptors (Lipinski definition) is 4. The number of rotatable bonds is 7. The highest BCUT2D eigenvalue weighted by Gasteiger charge is 2.20. The Morgan fingerprint density at radius 1 is 0.833 bits per heavy atom. The Bertz CT molecular complexity index is 1350. The summed E-state index contributed by atoms with van der Waals surface area (Å²) in [7, 11) is 0. The van der Waals surface area contributed by atoms with Crippen LogP contribution in [0.3, 0.4) is 0 Å². The lowest BCUT2D eigenvalue weighted by atomic mass is 9.95. The van der Waals surface area contributed by atoms with Gasteiger partial charge in [0.25, 0.3) is 0 Å². The molecule has 2 heterocycles. The second kappa shape index (κ2) is 11.2. The van der Waals surface area contributed by atoms with Crippen molar-refractivity contribution in [2.75, 3.05) is 13.1 Å². The summed E-state index contributed by atoms with van der Waals surface area (Å²) in [5.74, 6) is 0.290. The molecule has 0 radical (unpaired) electrons. The molecule has 5 rings (SSSR count). The van der Waals surface area contributed by atoms with Crippen LogP contribution in [-0.2, 0) is 17.9 Å². The van der Waals surface area contributed by atoms with Crippen LogP contribution in [0.15, 0.2) is 103 Å². The number of fused-ring (bicyclic) bond motifs is 1. The number of nitrogens with zero attached hydrogens (tertiary/aromatic N) is 2. The smallest absolute Gasteiger partial charge is 0.418 e. The number of benzene rings is 3. The van der Waals surface area contributed by atoms with E-state index in [2.05, 4.69) is 29.2 Å². The number of allylic oxidation sites excluding steroid dienone is 2. The maximum absolute atomic E-state index is 13.2. The van der Waals surface area contributed by atoms with Gasteiger partial charge in [0.1, 0.15) is 6.61 Å². The molecule has 0 atom stereocenters. The van der Waals surface area contributed by atoms with Gasteiger partial charge >= 0.3 is 6.09 Å². The zero-order valence-corrected chi connectivity index (χ0v) is 20.3. The van der Waals surface area contributed by atoms with Crippen molar-refractivity contribution in [2.24, 2.45) is 5.92 Å². The molecule has 182 valence electrons. The highest BCUT2D eigenvalue weighted by molar-refractivity contribution is 6.14. The number of carbonyl (C=O) groups excluding carboxylic acids is 2. The Kier molecular flexibility index (Phi) is 7.39. The largest absolute Gasteiger partial charge is 0.444 e. The van der Waals surface area contributed by atoms with Gasteiger partial charge in [-0.2, -0.15) is 0 Å². The maximum Gasteiger partial charge on any atom is 0.418 e. The van der Waals surface area contributed by atoms with E-state index in [-0.39, 0.29) is 12.4 Å². The van der Waals surface area contributed by atoms with Gasteiger partial charge in [-0.3, -0.25) is 14.3 Å². The van der Waals surface area contributed by atoms with E-state index in [9.17, 15) is 9.59 Å². The van der Waals surface area contributed by atoms with Crippen LogP contribution >= 0.6 is 0 Å². The molecular weight excluding hydrogens is 448 g/mol.